The number of hydrogen-bond donors (Lipinski definition) is 2. The third-order valence-electron chi connectivity index (χ3n) is 10.1. The molecule has 0 aromatic carbocycles. The van der Waals surface area contributed by atoms with Crippen LogP contribution in [0.25, 0.3) is 0 Å². The van der Waals surface area contributed by atoms with Gasteiger partial charge in [0, 0.05) is 0 Å². The summed E-state index contributed by atoms with van der Waals surface area (Å²) in [4.78, 5) is 20.9. The molecule has 0 aromatic heterocycles. The molecule has 0 radical (unpaired) electrons. The molecule has 0 saturated heterocycles. The van der Waals surface area contributed by atoms with Crippen LogP contribution in [0, 0.1) is 0 Å². The van der Waals surface area contributed by atoms with Crippen LogP contribution in [0.1, 0.15) is 188 Å². The maximum Gasteiger partial charge on any atom is -0.107 e. The molecule has 0 aromatic rings. The minimum Gasteiger partial charge on any atom is -0.107 e. The number of halogens is 1. The summed E-state index contributed by atoms with van der Waals surface area (Å²) >= 11 is 0. The van der Waals surface area contributed by atoms with E-state index in [0.29, 0.717) is 12.8 Å². The van der Waals surface area contributed by atoms with Gasteiger partial charge in [-0.3, -0.25) is 0 Å². The Morgan fingerprint density at radius 3 is 0.900 bits per heavy atom. The second kappa shape index (κ2) is 24.6. The fourth-order valence-corrected chi connectivity index (χ4v) is 14.3. The second-order valence-electron chi connectivity index (χ2n) is 14.2. The molecule has 0 fully saturated rings. The predicted molar refractivity (Wildman–Crippen MR) is 197 cm³/mol. The van der Waals surface area contributed by atoms with Gasteiger partial charge in [0.1, 0.15) is 0 Å². The van der Waals surface area contributed by atoms with Gasteiger partial charge in [0.25, 0.3) is 0 Å². The summed E-state index contributed by atoms with van der Waals surface area (Å²) in [6, 6.07) is 0. The molecule has 0 rings (SSSR count). The van der Waals surface area contributed by atoms with Gasteiger partial charge in [-0.2, -0.15) is 0 Å². The normalized spacial score (nSPS) is 13.7. The van der Waals surface area contributed by atoms with Crippen LogP contribution < -0.4 is 0 Å². The van der Waals surface area contributed by atoms with E-state index < -0.39 is 19.1 Å². The molecule has 0 bridgehead atoms. The van der Waals surface area contributed by atoms with E-state index in [1.54, 1.807) is 0 Å². The van der Waals surface area contributed by atoms with E-state index in [0.717, 1.165) is 31.8 Å². The fraction of sp³-hybridized carbons (Fsp3) is 1.00. The molecule has 40 heavy (non-hydrogen) atoms. The van der Waals surface area contributed by atoms with Crippen LogP contribution >= 0.6 is 38.2 Å². The molecule has 0 aliphatic heterocycles. The smallest absolute Gasteiger partial charge is 0.107 e. The first-order valence-corrected chi connectivity index (χ1v) is 22.9. The Hall–Kier alpha value is 1.31. The quantitative estimate of drug-likeness (QED) is 0.0459. The fourth-order valence-electron chi connectivity index (χ4n) is 6.52. The van der Waals surface area contributed by atoms with E-state index in [4.69, 9.17) is 0 Å². The van der Waals surface area contributed by atoms with Crippen LogP contribution in [0.2, 0.25) is 0 Å². The number of rotatable bonds is 29. The Bertz CT molecular complexity index is 584. The first-order valence-electron chi connectivity index (χ1n) is 17.5. The monoisotopic (exact) mass is 720 g/mol. The molecule has 0 aliphatic carbocycles. The van der Waals surface area contributed by atoms with Crippen molar-refractivity contribution in [3.05, 3.63) is 0 Å². The molecule has 0 heterocycles. The largest absolute Gasteiger partial charge is 0.107 e. The average Bonchev–Trinajstić information content (AvgIpc) is 2.87. The third-order valence-corrected chi connectivity index (χ3v) is 20.3. The van der Waals surface area contributed by atoms with Crippen molar-refractivity contribution in [2.75, 3.05) is 26.2 Å². The molecular weight excluding hydrogens is 645 g/mol. The van der Waals surface area contributed by atoms with Crippen LogP contribution in [0.4, 0.5) is 0 Å². The van der Waals surface area contributed by atoms with Gasteiger partial charge in [0.15, 0.2) is 0 Å². The van der Waals surface area contributed by atoms with Crippen molar-refractivity contribution in [1.82, 2.24) is 0 Å². The minimum absolute atomic E-state index is 0. The van der Waals surface area contributed by atoms with Crippen molar-refractivity contribution in [2.24, 2.45) is 0 Å². The van der Waals surface area contributed by atoms with E-state index >= 15 is 0 Å². The minimum atomic E-state index is -4.22. The predicted octanol–water partition coefficient (Wildman–Crippen LogP) is 13.1. The van der Waals surface area contributed by atoms with Gasteiger partial charge in [0.05, 0.1) is 0 Å². The average molecular weight is 721 g/mol. The molecular formula is C34H75IO3P2. The third kappa shape index (κ3) is 18.2. The first-order chi connectivity index (χ1) is 18.5. The van der Waals surface area contributed by atoms with Gasteiger partial charge in [-0.1, -0.05) is 39.5 Å². The molecule has 246 valence electrons. The Kier molecular flexibility index (Phi) is 26.7. The molecule has 0 aliphatic rings. The van der Waals surface area contributed by atoms with Crippen molar-refractivity contribution in [1.29, 1.82) is 0 Å². The zero-order valence-electron chi connectivity index (χ0n) is 28.2. The van der Waals surface area contributed by atoms with Crippen molar-refractivity contribution in [3.63, 3.8) is 0 Å². The number of hydrogen-bond acceptors (Lipinski definition) is 1. The van der Waals surface area contributed by atoms with Crippen LogP contribution in [0.3, 0.4) is 0 Å². The first kappa shape index (κ1) is 43.4. The van der Waals surface area contributed by atoms with E-state index in [2.05, 4.69) is 40.8 Å². The van der Waals surface area contributed by atoms with Crippen LogP contribution in [0.5, 0.6) is 0 Å². The Labute approximate surface area is 270 Å². The molecule has 0 atom stereocenters. The molecule has 0 saturated carbocycles. The SMILES string of the molecule is CCCCCCCCCCCCCCC(CCCCCCCCCCCCCC)(P(=O)(O)O)P(C)(C)(C)CC.I. The summed E-state index contributed by atoms with van der Waals surface area (Å²) in [5, 5.41) is 0. The summed E-state index contributed by atoms with van der Waals surface area (Å²) in [6.07, 6.45) is 33.3. The summed E-state index contributed by atoms with van der Waals surface area (Å²) in [5.41, 5.74) is 0. The van der Waals surface area contributed by atoms with Crippen LogP contribution in [-0.4, -0.2) is 40.8 Å². The maximum absolute atomic E-state index is 13.3. The van der Waals surface area contributed by atoms with Gasteiger partial charge in [0.2, 0.25) is 0 Å². The number of unbranched alkanes of at least 4 members (excludes halogenated alkanes) is 22. The van der Waals surface area contributed by atoms with Gasteiger partial charge in [-0.05, 0) is 0 Å². The Morgan fingerprint density at radius 2 is 0.700 bits per heavy atom. The standard InChI is InChI=1S/C34H74O3P2.HI/c1-7-10-12-14-16-18-20-22-24-26-28-30-32-34(38(35,36)37,39(4,5,6)9-3)33-31-29-27-25-23-21-19-17-15-13-11-8-2;/h7-33H2,1-6H3,(H2,35,36,37);1H. The van der Waals surface area contributed by atoms with E-state index in [1.807, 2.05) is 0 Å². The molecule has 3 nitrogen and oxygen atoms in total. The summed E-state index contributed by atoms with van der Waals surface area (Å²) < 4.78 is 13.3. The zero-order chi connectivity index (χ0) is 29.5. The van der Waals surface area contributed by atoms with Crippen LogP contribution in [0.15, 0.2) is 0 Å². The summed E-state index contributed by atoms with van der Waals surface area (Å²) in [6.45, 7) is 10.9. The van der Waals surface area contributed by atoms with E-state index in [-0.39, 0.29) is 24.0 Å². The second-order valence-corrected chi connectivity index (χ2v) is 24.3. The maximum atomic E-state index is 13.3. The van der Waals surface area contributed by atoms with Crippen molar-refractivity contribution < 1.29 is 14.4 Å². The van der Waals surface area contributed by atoms with Crippen molar-refractivity contribution in [2.45, 2.75) is 193 Å². The van der Waals surface area contributed by atoms with Gasteiger partial charge in [-0.25, -0.2) is 0 Å². The van der Waals surface area contributed by atoms with Gasteiger partial charge >= 0.3 is 208 Å². The van der Waals surface area contributed by atoms with E-state index in [9.17, 15) is 14.4 Å². The van der Waals surface area contributed by atoms with Crippen LogP contribution in [-0.2, 0) is 4.57 Å². The Morgan fingerprint density at radius 1 is 0.475 bits per heavy atom. The molecule has 0 amide bonds. The molecule has 0 unspecified atom stereocenters. The van der Waals surface area contributed by atoms with Crippen molar-refractivity contribution >= 4 is 38.2 Å². The summed E-state index contributed by atoms with van der Waals surface area (Å²) in [5.74, 6) is 0. The molecule has 0 spiro atoms. The molecule has 6 heteroatoms. The zero-order valence-corrected chi connectivity index (χ0v) is 32.3. The summed E-state index contributed by atoms with van der Waals surface area (Å²) in [7, 11) is -4.22. The topological polar surface area (TPSA) is 57.5 Å². The van der Waals surface area contributed by atoms with Crippen molar-refractivity contribution in [3.8, 4) is 0 Å². The van der Waals surface area contributed by atoms with E-state index in [1.165, 1.54) is 128 Å². The molecule has 2 N–H and O–H groups in total. The Balaban J connectivity index is 0. The van der Waals surface area contributed by atoms with Gasteiger partial charge < -0.3 is 0 Å². The van der Waals surface area contributed by atoms with Gasteiger partial charge in [-0.15, -0.1) is 24.0 Å².